The summed E-state index contributed by atoms with van der Waals surface area (Å²) >= 11 is 11.9. The molecule has 2 N–H and O–H groups in total. The number of nitro groups is 1. The number of aromatic hydroxyl groups is 1. The van der Waals surface area contributed by atoms with E-state index < -0.39 is 11.0 Å². The number of rotatable bonds is 5. The Morgan fingerprint density at radius 3 is 2.62 bits per heavy atom. The number of thiocarbonyl (C=S) groups is 1. The number of non-ortho nitro benzene ring substituents is 1. The lowest BCUT2D eigenvalue weighted by atomic mass is 10.0. The second-order valence-corrected chi connectivity index (χ2v) is 8.46. The second-order valence-electron chi connectivity index (χ2n) is 7.64. The van der Waals surface area contributed by atoms with Gasteiger partial charge in [0.15, 0.2) is 5.11 Å². The van der Waals surface area contributed by atoms with Crippen molar-refractivity contribution in [1.29, 1.82) is 0 Å². The van der Waals surface area contributed by atoms with Crippen LogP contribution >= 0.6 is 23.8 Å². The molecule has 170 valence electrons. The Balaban J connectivity index is 1.59. The largest absolute Gasteiger partial charge is 0.506 e. The summed E-state index contributed by atoms with van der Waals surface area (Å²) < 4.78 is 6.22. The maximum atomic E-state index is 11.0. The summed E-state index contributed by atoms with van der Waals surface area (Å²) in [5.41, 5.74) is 1.87. The minimum Gasteiger partial charge on any atom is -0.506 e. The van der Waals surface area contributed by atoms with Crippen LogP contribution in [0.15, 0.2) is 83.4 Å². The smallest absolute Gasteiger partial charge is 0.269 e. The summed E-state index contributed by atoms with van der Waals surface area (Å²) in [6.45, 7) is 0. The summed E-state index contributed by atoms with van der Waals surface area (Å²) in [6.07, 6.45) is 1.70. The van der Waals surface area contributed by atoms with Gasteiger partial charge in [-0.25, -0.2) is 0 Å². The third-order valence-electron chi connectivity index (χ3n) is 5.58. The lowest BCUT2D eigenvalue weighted by molar-refractivity contribution is -0.384. The van der Waals surface area contributed by atoms with Crippen molar-refractivity contribution in [1.82, 2.24) is 10.3 Å². The van der Waals surface area contributed by atoms with Gasteiger partial charge in [-0.15, -0.1) is 0 Å². The monoisotopic (exact) mass is 492 g/mol. The average molecular weight is 493 g/mol. The molecule has 1 fully saturated rings. The van der Waals surface area contributed by atoms with Crippen molar-refractivity contribution < 1.29 is 14.4 Å². The summed E-state index contributed by atoms with van der Waals surface area (Å²) in [6, 6.07) is 19.2. The molecule has 8 nitrogen and oxygen atoms in total. The fourth-order valence-electron chi connectivity index (χ4n) is 4.01. The number of pyridine rings is 1. The van der Waals surface area contributed by atoms with Gasteiger partial charge in [0.05, 0.1) is 22.3 Å². The van der Waals surface area contributed by atoms with Crippen LogP contribution in [-0.4, -0.2) is 20.1 Å². The van der Waals surface area contributed by atoms with Crippen molar-refractivity contribution >= 4 is 40.3 Å². The maximum Gasteiger partial charge on any atom is 0.269 e. The third-order valence-corrected chi connectivity index (χ3v) is 6.13. The van der Waals surface area contributed by atoms with Crippen LogP contribution in [0.3, 0.4) is 0 Å². The standard InChI is InChI=1S/C24H17ClN4O4S/c25-15-6-9-19(30)18(13-15)28-23(22(27-24(28)34)17-3-1-2-12-26-17)21-11-10-20(33-21)14-4-7-16(8-5-14)29(31)32/h1-13,22-23,30H,(H,27,34)/t22-,23+/m0/s1. The lowest BCUT2D eigenvalue weighted by Crippen LogP contribution is -2.29. The van der Waals surface area contributed by atoms with E-state index >= 15 is 0 Å². The first kappa shape index (κ1) is 21.9. The van der Waals surface area contributed by atoms with Gasteiger partial charge < -0.3 is 19.7 Å². The maximum absolute atomic E-state index is 11.0. The van der Waals surface area contributed by atoms with E-state index in [0.717, 1.165) is 5.69 Å². The molecule has 3 heterocycles. The van der Waals surface area contributed by atoms with Gasteiger partial charge in [0.2, 0.25) is 0 Å². The van der Waals surface area contributed by atoms with E-state index in [0.29, 0.717) is 32.9 Å². The molecule has 2 atom stereocenters. The van der Waals surface area contributed by atoms with Gasteiger partial charge in [0.1, 0.15) is 23.3 Å². The first-order valence-electron chi connectivity index (χ1n) is 10.3. The Morgan fingerprint density at radius 2 is 1.91 bits per heavy atom. The predicted molar refractivity (Wildman–Crippen MR) is 132 cm³/mol. The number of halogens is 1. The lowest BCUT2D eigenvalue weighted by Gasteiger charge is -2.26. The molecule has 2 aromatic heterocycles. The van der Waals surface area contributed by atoms with E-state index in [9.17, 15) is 15.2 Å². The van der Waals surface area contributed by atoms with Crippen molar-refractivity contribution in [3.8, 4) is 17.1 Å². The molecule has 0 radical (unpaired) electrons. The highest BCUT2D eigenvalue weighted by Gasteiger charge is 2.43. The number of nitrogens with zero attached hydrogens (tertiary/aromatic N) is 3. The molecular formula is C24H17ClN4O4S. The Bertz CT molecular complexity index is 1380. The fourth-order valence-corrected chi connectivity index (χ4v) is 4.51. The van der Waals surface area contributed by atoms with Crippen molar-refractivity contribution in [3.05, 3.63) is 106 Å². The first-order chi connectivity index (χ1) is 16.4. The highest BCUT2D eigenvalue weighted by atomic mass is 35.5. The van der Waals surface area contributed by atoms with E-state index in [1.165, 1.54) is 18.2 Å². The van der Waals surface area contributed by atoms with Crippen LogP contribution in [0.4, 0.5) is 11.4 Å². The van der Waals surface area contributed by atoms with Crippen molar-refractivity contribution in [2.45, 2.75) is 12.1 Å². The molecule has 1 saturated heterocycles. The Kier molecular flexibility index (Phi) is 5.64. The van der Waals surface area contributed by atoms with Gasteiger partial charge in [-0.2, -0.15) is 0 Å². The van der Waals surface area contributed by atoms with Crippen LogP contribution in [0.2, 0.25) is 5.02 Å². The normalized spacial score (nSPS) is 17.6. The molecule has 0 saturated carbocycles. The molecule has 1 aliphatic heterocycles. The van der Waals surface area contributed by atoms with E-state index in [-0.39, 0.29) is 17.5 Å². The molecule has 0 bridgehead atoms. The Labute approximate surface area is 204 Å². The predicted octanol–water partition coefficient (Wildman–Crippen LogP) is 5.79. The molecule has 2 aromatic carbocycles. The SMILES string of the molecule is O=[N+]([O-])c1ccc(-c2ccc([C@@H]3[C@H](c4ccccn4)NC(=S)N3c3cc(Cl)ccc3O)o2)cc1. The van der Waals surface area contributed by atoms with Gasteiger partial charge in [0.25, 0.3) is 5.69 Å². The van der Waals surface area contributed by atoms with Crippen molar-refractivity contribution in [2.75, 3.05) is 4.90 Å². The molecule has 0 unspecified atom stereocenters. The number of hydrogen-bond acceptors (Lipinski definition) is 6. The number of nitrogens with one attached hydrogen (secondary N) is 1. The molecule has 10 heteroatoms. The summed E-state index contributed by atoms with van der Waals surface area (Å²) in [5, 5.41) is 25.7. The van der Waals surface area contributed by atoms with Crippen LogP contribution in [0.1, 0.15) is 23.5 Å². The van der Waals surface area contributed by atoms with E-state index in [4.69, 9.17) is 28.2 Å². The molecular weight excluding hydrogens is 476 g/mol. The number of anilines is 1. The van der Waals surface area contributed by atoms with Crippen LogP contribution in [-0.2, 0) is 0 Å². The molecule has 4 aromatic rings. The second kappa shape index (κ2) is 8.77. The fraction of sp³-hybridized carbons (Fsp3) is 0.0833. The minimum absolute atomic E-state index is 0.00121. The molecule has 0 amide bonds. The molecule has 0 spiro atoms. The summed E-state index contributed by atoms with van der Waals surface area (Å²) in [7, 11) is 0. The number of aromatic nitrogens is 1. The number of nitro benzene ring substituents is 1. The number of phenolic OH excluding ortho intramolecular Hbond substituents is 1. The van der Waals surface area contributed by atoms with Crippen LogP contribution in [0.5, 0.6) is 5.75 Å². The van der Waals surface area contributed by atoms with Gasteiger partial charge in [0, 0.05) is 28.9 Å². The number of furan rings is 1. The highest BCUT2D eigenvalue weighted by molar-refractivity contribution is 7.80. The number of benzene rings is 2. The van der Waals surface area contributed by atoms with Crippen LogP contribution in [0.25, 0.3) is 11.3 Å². The third kappa shape index (κ3) is 3.95. The van der Waals surface area contributed by atoms with Gasteiger partial charge >= 0.3 is 0 Å². The summed E-state index contributed by atoms with van der Waals surface area (Å²) in [4.78, 5) is 16.8. The van der Waals surface area contributed by atoms with Crippen molar-refractivity contribution in [2.24, 2.45) is 0 Å². The Morgan fingerprint density at radius 1 is 1.12 bits per heavy atom. The van der Waals surface area contributed by atoms with E-state index in [1.807, 2.05) is 24.3 Å². The zero-order valence-corrected chi connectivity index (χ0v) is 19.0. The Hall–Kier alpha value is -3.95. The van der Waals surface area contributed by atoms with Crippen molar-refractivity contribution in [3.63, 3.8) is 0 Å². The molecule has 34 heavy (non-hydrogen) atoms. The van der Waals surface area contributed by atoms with Gasteiger partial charge in [-0.1, -0.05) is 17.7 Å². The zero-order valence-electron chi connectivity index (χ0n) is 17.5. The molecule has 5 rings (SSSR count). The quantitative estimate of drug-likeness (QED) is 0.205. The van der Waals surface area contributed by atoms with Gasteiger partial charge in [-0.05, 0) is 66.8 Å². The zero-order chi connectivity index (χ0) is 23.8. The number of hydrogen-bond donors (Lipinski definition) is 2. The highest BCUT2D eigenvalue weighted by Crippen LogP contribution is 2.45. The van der Waals surface area contributed by atoms with Crippen LogP contribution in [0, 0.1) is 10.1 Å². The van der Waals surface area contributed by atoms with E-state index in [2.05, 4.69) is 10.3 Å². The first-order valence-corrected chi connectivity index (χ1v) is 11.0. The molecule has 1 aliphatic rings. The average Bonchev–Trinajstić information content (AvgIpc) is 3.46. The molecule has 0 aliphatic carbocycles. The minimum atomic E-state index is -0.487. The van der Waals surface area contributed by atoms with E-state index in [1.54, 1.807) is 41.4 Å². The van der Waals surface area contributed by atoms with Crippen LogP contribution < -0.4 is 10.2 Å². The topological polar surface area (TPSA) is 105 Å². The summed E-state index contributed by atoms with van der Waals surface area (Å²) in [5.74, 6) is 1.12. The number of phenols is 1. The van der Waals surface area contributed by atoms with Gasteiger partial charge in [-0.3, -0.25) is 15.1 Å².